The Hall–Kier alpha value is -1.22. The van der Waals surface area contributed by atoms with Gasteiger partial charge >= 0.3 is 10.2 Å². The molecule has 2 nitrogen and oxygen atoms in total. The van der Waals surface area contributed by atoms with Gasteiger partial charge in [-0.15, -0.1) is 0 Å². The van der Waals surface area contributed by atoms with E-state index in [0.29, 0.717) is 0 Å². The number of benzene rings is 2. The van der Waals surface area contributed by atoms with Gasteiger partial charge in [0.25, 0.3) is 5.91 Å². The van der Waals surface area contributed by atoms with Crippen molar-refractivity contribution in [1.29, 1.82) is 0 Å². The molecular formula is C13H7Cl3F5NOS. The van der Waals surface area contributed by atoms with Crippen LogP contribution in [-0.4, -0.2) is 5.91 Å². The van der Waals surface area contributed by atoms with Crippen LogP contribution in [0.25, 0.3) is 0 Å². The minimum atomic E-state index is -9.86. The molecule has 24 heavy (non-hydrogen) atoms. The van der Waals surface area contributed by atoms with Crippen LogP contribution >= 0.6 is 45.0 Å². The molecule has 0 aromatic heterocycles. The van der Waals surface area contributed by atoms with Gasteiger partial charge < -0.3 is 5.32 Å². The Balaban J connectivity index is 2.39. The van der Waals surface area contributed by atoms with Gasteiger partial charge in [-0.25, -0.2) is 0 Å². The molecule has 2 aromatic rings. The van der Waals surface area contributed by atoms with E-state index in [4.69, 9.17) is 34.8 Å². The maximum absolute atomic E-state index is 12.8. The SMILES string of the molecule is O=C(Nc1cccc(S(F)(F)(F)(F)F)c1)c1c(Cl)cc(Cl)cc1Cl. The molecule has 0 unspecified atom stereocenters. The van der Waals surface area contributed by atoms with E-state index < -0.39 is 26.7 Å². The average Bonchev–Trinajstić information content (AvgIpc) is 2.34. The fraction of sp³-hybridized carbons (Fsp3) is 0. The highest BCUT2D eigenvalue weighted by Crippen LogP contribution is 3.02. The van der Waals surface area contributed by atoms with Crippen LogP contribution in [-0.2, 0) is 0 Å². The third-order valence-corrected chi connectivity index (χ3v) is 4.73. The molecule has 0 heterocycles. The van der Waals surface area contributed by atoms with Crippen molar-refractivity contribution in [2.45, 2.75) is 4.90 Å². The molecule has 0 radical (unpaired) electrons. The van der Waals surface area contributed by atoms with Crippen LogP contribution in [0, 0.1) is 0 Å². The predicted octanol–water partition coefficient (Wildman–Crippen LogP) is 7.56. The number of carbonyl (C=O) groups excluding carboxylic acids is 1. The third kappa shape index (κ3) is 4.44. The largest absolute Gasteiger partial charge is 0.322 e. The van der Waals surface area contributed by atoms with Gasteiger partial charge in [-0.2, -0.15) is 0 Å². The molecule has 0 atom stereocenters. The summed E-state index contributed by atoms with van der Waals surface area (Å²) in [5.74, 6) is -0.971. The van der Waals surface area contributed by atoms with Crippen molar-refractivity contribution < 1.29 is 24.2 Å². The molecule has 0 saturated heterocycles. The van der Waals surface area contributed by atoms with E-state index in [1.54, 1.807) is 0 Å². The lowest BCUT2D eigenvalue weighted by molar-refractivity contribution is 0.102. The molecule has 132 valence electrons. The molecule has 1 N–H and O–H groups in total. The van der Waals surface area contributed by atoms with E-state index in [0.717, 1.165) is 12.1 Å². The van der Waals surface area contributed by atoms with Crippen LogP contribution in [0.1, 0.15) is 10.4 Å². The summed E-state index contributed by atoms with van der Waals surface area (Å²) in [6, 6.07) is 4.53. The van der Waals surface area contributed by atoms with Crippen molar-refractivity contribution in [3.05, 3.63) is 57.0 Å². The molecule has 0 bridgehead atoms. The number of nitrogens with one attached hydrogen (secondary N) is 1. The topological polar surface area (TPSA) is 29.1 Å². The van der Waals surface area contributed by atoms with Crippen LogP contribution in [0.2, 0.25) is 15.1 Å². The summed E-state index contributed by atoms with van der Waals surface area (Å²) in [5.41, 5.74) is -0.742. The number of halogens is 8. The van der Waals surface area contributed by atoms with Gasteiger partial charge in [0.15, 0.2) is 0 Å². The highest BCUT2D eigenvalue weighted by molar-refractivity contribution is 8.45. The Morgan fingerprint density at radius 3 is 1.96 bits per heavy atom. The zero-order valence-electron chi connectivity index (χ0n) is 11.3. The van der Waals surface area contributed by atoms with E-state index in [1.165, 1.54) is 12.1 Å². The first-order valence-electron chi connectivity index (χ1n) is 5.97. The van der Waals surface area contributed by atoms with E-state index in [-0.39, 0.29) is 32.8 Å². The Labute approximate surface area is 148 Å². The summed E-state index contributed by atoms with van der Waals surface area (Å²) >= 11 is 17.3. The quantitative estimate of drug-likeness (QED) is 0.504. The summed E-state index contributed by atoms with van der Waals surface area (Å²) in [6.45, 7) is 0. The number of amides is 1. The van der Waals surface area contributed by atoms with E-state index in [2.05, 4.69) is 0 Å². The lowest BCUT2D eigenvalue weighted by Gasteiger charge is -2.40. The highest BCUT2D eigenvalue weighted by atomic mass is 35.5. The Bertz CT molecular complexity index is 819. The van der Waals surface area contributed by atoms with Crippen molar-refractivity contribution in [2.24, 2.45) is 0 Å². The normalized spacial score (nSPS) is 14.7. The molecule has 2 rings (SSSR count). The van der Waals surface area contributed by atoms with Crippen molar-refractivity contribution >= 4 is 56.6 Å². The van der Waals surface area contributed by atoms with Gasteiger partial charge in [-0.05, 0) is 30.3 Å². The zero-order valence-corrected chi connectivity index (χ0v) is 14.4. The van der Waals surface area contributed by atoms with E-state index in [9.17, 15) is 24.2 Å². The minimum Gasteiger partial charge on any atom is -0.322 e. The molecule has 0 spiro atoms. The molecule has 0 saturated carbocycles. The third-order valence-electron chi connectivity index (χ3n) is 2.77. The lowest BCUT2D eigenvalue weighted by Crippen LogP contribution is -2.14. The first kappa shape index (κ1) is 19.1. The summed E-state index contributed by atoms with van der Waals surface area (Å²) in [7, 11) is -9.86. The van der Waals surface area contributed by atoms with Crippen molar-refractivity contribution in [3.8, 4) is 0 Å². The first-order valence-corrected chi connectivity index (χ1v) is 9.06. The second kappa shape index (κ2) is 5.39. The number of carbonyl (C=O) groups is 1. The maximum atomic E-state index is 12.8. The van der Waals surface area contributed by atoms with Crippen molar-refractivity contribution in [1.82, 2.24) is 0 Å². The molecule has 0 aliphatic rings. The van der Waals surface area contributed by atoms with Gasteiger partial charge in [0.1, 0.15) is 4.90 Å². The average molecular weight is 427 g/mol. The smallest absolute Gasteiger partial charge is 0.310 e. The zero-order chi connectivity index (χ0) is 18.4. The molecule has 0 aliphatic carbocycles. The predicted molar refractivity (Wildman–Crippen MR) is 87.3 cm³/mol. The van der Waals surface area contributed by atoms with Crippen LogP contribution in [0.15, 0.2) is 41.3 Å². The fourth-order valence-corrected chi connectivity index (χ4v) is 3.44. The van der Waals surface area contributed by atoms with Crippen LogP contribution in [0.4, 0.5) is 25.1 Å². The first-order chi connectivity index (χ1) is 10.7. The van der Waals surface area contributed by atoms with E-state index >= 15 is 0 Å². The number of hydrogen-bond acceptors (Lipinski definition) is 1. The minimum absolute atomic E-state index is 0.136. The summed E-state index contributed by atoms with van der Waals surface area (Å²) in [5, 5.41) is 1.89. The summed E-state index contributed by atoms with van der Waals surface area (Å²) in [6.07, 6.45) is 0. The van der Waals surface area contributed by atoms with Gasteiger partial charge in [0, 0.05) is 10.7 Å². The summed E-state index contributed by atoms with van der Waals surface area (Å²) < 4.78 is 64.0. The Morgan fingerprint density at radius 2 is 1.46 bits per heavy atom. The van der Waals surface area contributed by atoms with Crippen LogP contribution < -0.4 is 5.32 Å². The number of anilines is 1. The van der Waals surface area contributed by atoms with Gasteiger partial charge in [0.05, 0.1) is 15.6 Å². The standard InChI is InChI=1S/C13H7Cl3F5NOS/c14-7-4-10(15)12(11(16)5-7)13(23)22-8-2-1-3-9(6-8)24(17,18,19,20)21/h1-6H,(H,22,23). The fourth-order valence-electron chi connectivity index (χ4n) is 1.77. The Morgan fingerprint density at radius 1 is 0.917 bits per heavy atom. The lowest BCUT2D eigenvalue weighted by atomic mass is 10.2. The Kier molecular flexibility index (Phi) is 4.29. The highest BCUT2D eigenvalue weighted by Gasteiger charge is 2.65. The molecular weight excluding hydrogens is 420 g/mol. The molecule has 0 fully saturated rings. The maximum Gasteiger partial charge on any atom is 0.310 e. The monoisotopic (exact) mass is 425 g/mol. The van der Waals surface area contributed by atoms with Crippen LogP contribution in [0.3, 0.4) is 0 Å². The van der Waals surface area contributed by atoms with Crippen LogP contribution in [0.5, 0.6) is 0 Å². The van der Waals surface area contributed by atoms with Gasteiger partial charge in [0.2, 0.25) is 0 Å². The molecule has 11 heteroatoms. The molecule has 0 aliphatic heterocycles. The van der Waals surface area contributed by atoms with Crippen molar-refractivity contribution in [3.63, 3.8) is 0 Å². The molecule has 2 aromatic carbocycles. The number of rotatable bonds is 3. The molecule has 1 amide bonds. The number of hydrogen-bond donors (Lipinski definition) is 1. The second-order valence-electron chi connectivity index (χ2n) is 4.70. The van der Waals surface area contributed by atoms with E-state index in [1.807, 2.05) is 5.32 Å². The summed E-state index contributed by atoms with van der Waals surface area (Å²) in [4.78, 5) is 9.98. The second-order valence-corrected chi connectivity index (χ2v) is 8.36. The van der Waals surface area contributed by atoms with Gasteiger partial charge in [-0.3, -0.25) is 4.79 Å². The van der Waals surface area contributed by atoms with Crippen molar-refractivity contribution in [2.75, 3.05) is 5.32 Å². The van der Waals surface area contributed by atoms with Gasteiger partial charge in [-0.1, -0.05) is 60.3 Å².